The van der Waals surface area contributed by atoms with E-state index in [4.69, 9.17) is 4.52 Å². The SMILES string of the molecule is CC1CCN(C(=O)CNC(=O)c2cc(-c3ccccc3)on2)CC1. The Morgan fingerprint density at radius 1 is 1.25 bits per heavy atom. The summed E-state index contributed by atoms with van der Waals surface area (Å²) in [5.41, 5.74) is 1.02. The Morgan fingerprint density at radius 2 is 1.96 bits per heavy atom. The molecule has 0 bridgehead atoms. The largest absolute Gasteiger partial charge is 0.355 e. The molecule has 1 fully saturated rings. The van der Waals surface area contributed by atoms with E-state index < -0.39 is 5.91 Å². The predicted octanol–water partition coefficient (Wildman–Crippen LogP) is 2.33. The summed E-state index contributed by atoms with van der Waals surface area (Å²) < 4.78 is 5.20. The minimum Gasteiger partial charge on any atom is -0.355 e. The van der Waals surface area contributed by atoms with Gasteiger partial charge in [-0.25, -0.2) is 0 Å². The van der Waals surface area contributed by atoms with E-state index in [1.165, 1.54) is 0 Å². The van der Waals surface area contributed by atoms with Crippen LogP contribution in [0.5, 0.6) is 0 Å². The van der Waals surface area contributed by atoms with Gasteiger partial charge in [-0.15, -0.1) is 0 Å². The molecule has 1 aromatic carbocycles. The minimum atomic E-state index is -0.403. The molecule has 6 nitrogen and oxygen atoms in total. The topological polar surface area (TPSA) is 75.4 Å². The van der Waals surface area contributed by atoms with Gasteiger partial charge in [-0.05, 0) is 18.8 Å². The molecule has 1 N–H and O–H groups in total. The average Bonchev–Trinajstić information content (AvgIpc) is 3.11. The van der Waals surface area contributed by atoms with Crippen LogP contribution in [0.25, 0.3) is 11.3 Å². The third-order valence-corrected chi connectivity index (χ3v) is 4.34. The standard InChI is InChI=1S/C18H21N3O3/c1-13-7-9-21(10-8-13)17(22)12-19-18(23)15-11-16(24-20-15)14-5-3-2-4-6-14/h2-6,11,13H,7-10,12H2,1H3,(H,19,23). The van der Waals surface area contributed by atoms with Crippen LogP contribution in [-0.2, 0) is 4.79 Å². The number of rotatable bonds is 4. The highest BCUT2D eigenvalue weighted by molar-refractivity contribution is 5.95. The Hall–Kier alpha value is -2.63. The lowest BCUT2D eigenvalue weighted by atomic mass is 9.99. The van der Waals surface area contributed by atoms with Crippen molar-refractivity contribution in [2.45, 2.75) is 19.8 Å². The molecule has 2 amide bonds. The van der Waals surface area contributed by atoms with Crippen molar-refractivity contribution in [2.24, 2.45) is 5.92 Å². The Bertz CT molecular complexity index is 703. The number of hydrogen-bond donors (Lipinski definition) is 1. The smallest absolute Gasteiger partial charge is 0.273 e. The molecule has 0 spiro atoms. The molecule has 126 valence electrons. The van der Waals surface area contributed by atoms with Gasteiger partial charge in [0.2, 0.25) is 5.91 Å². The van der Waals surface area contributed by atoms with Crippen LogP contribution in [0.4, 0.5) is 0 Å². The molecule has 1 aromatic heterocycles. The third-order valence-electron chi connectivity index (χ3n) is 4.34. The van der Waals surface area contributed by atoms with Gasteiger partial charge in [-0.3, -0.25) is 9.59 Å². The van der Waals surface area contributed by atoms with Crippen molar-refractivity contribution < 1.29 is 14.1 Å². The van der Waals surface area contributed by atoms with Crippen LogP contribution < -0.4 is 5.32 Å². The lowest BCUT2D eigenvalue weighted by Gasteiger charge is -2.30. The zero-order valence-corrected chi connectivity index (χ0v) is 13.7. The van der Waals surface area contributed by atoms with E-state index in [1.807, 2.05) is 30.3 Å². The first kappa shape index (κ1) is 16.2. The third kappa shape index (κ3) is 3.82. The number of nitrogens with zero attached hydrogens (tertiary/aromatic N) is 2. The van der Waals surface area contributed by atoms with Gasteiger partial charge in [-0.1, -0.05) is 42.4 Å². The molecule has 3 rings (SSSR count). The molecule has 1 aliphatic heterocycles. The maximum Gasteiger partial charge on any atom is 0.273 e. The fourth-order valence-electron chi connectivity index (χ4n) is 2.74. The fourth-order valence-corrected chi connectivity index (χ4v) is 2.74. The van der Waals surface area contributed by atoms with Crippen LogP contribution in [0.1, 0.15) is 30.3 Å². The summed E-state index contributed by atoms with van der Waals surface area (Å²) in [5.74, 6) is 0.731. The van der Waals surface area contributed by atoms with Crippen molar-refractivity contribution in [3.8, 4) is 11.3 Å². The summed E-state index contributed by atoms with van der Waals surface area (Å²) in [6.07, 6.45) is 2.03. The summed E-state index contributed by atoms with van der Waals surface area (Å²) in [5, 5.41) is 6.40. The predicted molar refractivity (Wildman–Crippen MR) is 89.3 cm³/mol. The first-order valence-corrected chi connectivity index (χ1v) is 8.21. The molecule has 2 aromatic rings. The van der Waals surface area contributed by atoms with E-state index in [0.29, 0.717) is 11.7 Å². The van der Waals surface area contributed by atoms with E-state index in [9.17, 15) is 9.59 Å². The van der Waals surface area contributed by atoms with Gasteiger partial charge in [0, 0.05) is 24.7 Å². The van der Waals surface area contributed by atoms with Gasteiger partial charge in [0.25, 0.3) is 5.91 Å². The van der Waals surface area contributed by atoms with Crippen molar-refractivity contribution >= 4 is 11.8 Å². The molecule has 2 heterocycles. The number of carbonyl (C=O) groups is 2. The van der Waals surface area contributed by atoms with Gasteiger partial charge < -0.3 is 14.7 Å². The zero-order valence-electron chi connectivity index (χ0n) is 13.7. The van der Waals surface area contributed by atoms with Gasteiger partial charge in [0.1, 0.15) is 0 Å². The van der Waals surface area contributed by atoms with Crippen LogP contribution in [0.3, 0.4) is 0 Å². The number of benzene rings is 1. The maximum absolute atomic E-state index is 12.1. The van der Waals surface area contributed by atoms with Crippen LogP contribution >= 0.6 is 0 Å². The molecule has 1 aliphatic rings. The van der Waals surface area contributed by atoms with Gasteiger partial charge in [0.15, 0.2) is 11.5 Å². The quantitative estimate of drug-likeness (QED) is 0.935. The van der Waals surface area contributed by atoms with E-state index >= 15 is 0 Å². The van der Waals surface area contributed by atoms with E-state index in [0.717, 1.165) is 31.5 Å². The minimum absolute atomic E-state index is 0.0132. The lowest BCUT2D eigenvalue weighted by Crippen LogP contribution is -2.43. The first-order valence-electron chi connectivity index (χ1n) is 8.21. The second-order valence-electron chi connectivity index (χ2n) is 6.19. The molecule has 0 aliphatic carbocycles. The zero-order chi connectivity index (χ0) is 16.9. The van der Waals surface area contributed by atoms with Crippen molar-refractivity contribution in [1.82, 2.24) is 15.4 Å². The lowest BCUT2D eigenvalue weighted by molar-refractivity contribution is -0.131. The van der Waals surface area contributed by atoms with Crippen molar-refractivity contribution in [3.63, 3.8) is 0 Å². The van der Waals surface area contributed by atoms with E-state index in [-0.39, 0.29) is 18.1 Å². The second-order valence-corrected chi connectivity index (χ2v) is 6.19. The number of likely N-dealkylation sites (tertiary alicyclic amines) is 1. The summed E-state index contributed by atoms with van der Waals surface area (Å²) >= 11 is 0. The van der Waals surface area contributed by atoms with Gasteiger partial charge >= 0.3 is 0 Å². The molecule has 0 radical (unpaired) electrons. The Labute approximate surface area is 140 Å². The Balaban J connectivity index is 1.54. The number of hydrogen-bond acceptors (Lipinski definition) is 4. The monoisotopic (exact) mass is 327 g/mol. The molecular weight excluding hydrogens is 306 g/mol. The average molecular weight is 327 g/mol. The number of nitrogens with one attached hydrogen (secondary N) is 1. The van der Waals surface area contributed by atoms with Gasteiger partial charge in [0.05, 0.1) is 6.54 Å². The Kier molecular flexibility index (Phi) is 4.93. The summed E-state index contributed by atoms with van der Waals surface area (Å²) in [6.45, 7) is 3.70. The molecular formula is C18H21N3O3. The summed E-state index contributed by atoms with van der Waals surface area (Å²) in [6, 6.07) is 11.0. The van der Waals surface area contributed by atoms with Crippen LogP contribution in [0.15, 0.2) is 40.9 Å². The molecule has 0 atom stereocenters. The summed E-state index contributed by atoms with van der Waals surface area (Å²) in [7, 11) is 0. The van der Waals surface area contributed by atoms with Crippen molar-refractivity contribution in [2.75, 3.05) is 19.6 Å². The normalized spacial score (nSPS) is 15.3. The number of piperidine rings is 1. The van der Waals surface area contributed by atoms with Gasteiger partial charge in [-0.2, -0.15) is 0 Å². The highest BCUT2D eigenvalue weighted by Crippen LogP contribution is 2.19. The van der Waals surface area contributed by atoms with E-state index in [1.54, 1.807) is 11.0 Å². The van der Waals surface area contributed by atoms with Crippen molar-refractivity contribution in [1.29, 1.82) is 0 Å². The van der Waals surface area contributed by atoms with Crippen LogP contribution in [0.2, 0.25) is 0 Å². The highest BCUT2D eigenvalue weighted by Gasteiger charge is 2.21. The maximum atomic E-state index is 12.1. The van der Waals surface area contributed by atoms with Crippen LogP contribution in [-0.4, -0.2) is 41.5 Å². The van der Waals surface area contributed by atoms with Crippen LogP contribution in [0, 0.1) is 5.92 Å². The molecule has 1 saturated heterocycles. The fraction of sp³-hybridized carbons (Fsp3) is 0.389. The van der Waals surface area contributed by atoms with E-state index in [2.05, 4.69) is 17.4 Å². The summed E-state index contributed by atoms with van der Waals surface area (Å²) in [4.78, 5) is 26.1. The number of carbonyl (C=O) groups excluding carboxylic acids is 2. The number of aromatic nitrogens is 1. The molecule has 0 unspecified atom stereocenters. The second kappa shape index (κ2) is 7.29. The Morgan fingerprint density at radius 3 is 2.67 bits per heavy atom. The highest BCUT2D eigenvalue weighted by atomic mass is 16.5. The van der Waals surface area contributed by atoms with Crippen molar-refractivity contribution in [3.05, 3.63) is 42.1 Å². The molecule has 24 heavy (non-hydrogen) atoms. The number of amides is 2. The molecule has 6 heteroatoms. The molecule has 0 saturated carbocycles. The first-order chi connectivity index (χ1) is 11.6.